The zero-order chi connectivity index (χ0) is 21.3. The number of fused-ring (bicyclic) bond motifs is 1. The summed E-state index contributed by atoms with van der Waals surface area (Å²) < 4.78 is 5.13. The molecular weight excluding hydrogens is 388 g/mol. The number of rotatable bonds is 7. The van der Waals surface area contributed by atoms with E-state index in [0.717, 1.165) is 22.6 Å². The molecule has 3 rings (SSSR count). The minimum Gasteiger partial charge on any atom is -0.468 e. The quantitative estimate of drug-likeness (QED) is 0.417. The van der Waals surface area contributed by atoms with Gasteiger partial charge in [-0.3, -0.25) is 24.6 Å². The molecule has 2 aliphatic heterocycles. The first kappa shape index (κ1) is 21.8. The summed E-state index contributed by atoms with van der Waals surface area (Å²) in [6.07, 6.45) is 1.52. The summed E-state index contributed by atoms with van der Waals surface area (Å²) in [5.74, 6) is -1.21. The van der Waals surface area contributed by atoms with Gasteiger partial charge in [-0.1, -0.05) is 32.9 Å². The Balaban J connectivity index is 2.03. The number of nitrogens with zero attached hydrogens (tertiary/aromatic N) is 1. The Bertz CT molecular complexity index is 795. The van der Waals surface area contributed by atoms with Gasteiger partial charge in [-0.15, -0.1) is 11.8 Å². The van der Waals surface area contributed by atoms with Gasteiger partial charge in [0.25, 0.3) is 0 Å². The second-order valence-corrected chi connectivity index (χ2v) is 9.51. The van der Waals surface area contributed by atoms with Crippen LogP contribution in [0.4, 0.5) is 0 Å². The van der Waals surface area contributed by atoms with Gasteiger partial charge in [0, 0.05) is 18.0 Å². The zero-order valence-corrected chi connectivity index (χ0v) is 18.5. The molecule has 1 N–H and O–H groups in total. The standard InChI is InChI=1S/C22H30N2O4S/c1-6-11-29-15-9-7-14(8-10-15)18-16-17(20(26)24(4)19(16)25)22(23-18,12-13(2)3)21(27)28-5/h7-10,13,16-18,23H,6,11-12H2,1-5H3/t16-,17-,18-,22-/m1/s1. The van der Waals surface area contributed by atoms with Crippen LogP contribution < -0.4 is 5.32 Å². The van der Waals surface area contributed by atoms with Crippen molar-refractivity contribution in [2.45, 2.75) is 50.1 Å². The number of imide groups is 1. The zero-order valence-electron chi connectivity index (χ0n) is 17.7. The van der Waals surface area contributed by atoms with Gasteiger partial charge in [0.2, 0.25) is 11.8 Å². The fraction of sp³-hybridized carbons (Fsp3) is 0.591. The van der Waals surface area contributed by atoms with Gasteiger partial charge in [-0.2, -0.15) is 0 Å². The molecule has 4 atom stereocenters. The lowest BCUT2D eigenvalue weighted by atomic mass is 9.75. The van der Waals surface area contributed by atoms with E-state index in [2.05, 4.69) is 12.2 Å². The van der Waals surface area contributed by atoms with Crippen LogP contribution in [0.15, 0.2) is 29.2 Å². The first-order valence-electron chi connectivity index (χ1n) is 10.2. The van der Waals surface area contributed by atoms with Crippen molar-refractivity contribution in [1.82, 2.24) is 10.2 Å². The highest BCUT2D eigenvalue weighted by atomic mass is 32.2. The van der Waals surface area contributed by atoms with Crippen LogP contribution in [-0.2, 0) is 19.1 Å². The molecule has 0 aromatic heterocycles. The van der Waals surface area contributed by atoms with E-state index in [1.54, 1.807) is 11.8 Å². The Morgan fingerprint density at radius 1 is 1.24 bits per heavy atom. The van der Waals surface area contributed by atoms with Crippen LogP contribution in [0.25, 0.3) is 0 Å². The molecule has 0 unspecified atom stereocenters. The van der Waals surface area contributed by atoms with E-state index in [1.807, 2.05) is 38.1 Å². The number of carbonyl (C=O) groups is 3. The van der Waals surface area contributed by atoms with Gasteiger partial charge >= 0.3 is 5.97 Å². The highest BCUT2D eigenvalue weighted by Crippen LogP contribution is 2.51. The Morgan fingerprint density at radius 3 is 2.45 bits per heavy atom. The number of methoxy groups -OCH3 is 1. The lowest BCUT2D eigenvalue weighted by Crippen LogP contribution is -2.56. The maximum atomic E-state index is 13.0. The Kier molecular flexibility index (Phi) is 6.39. The summed E-state index contributed by atoms with van der Waals surface area (Å²) in [5.41, 5.74) is -0.294. The number of benzene rings is 1. The predicted octanol–water partition coefficient (Wildman–Crippen LogP) is 3.02. The highest BCUT2D eigenvalue weighted by molar-refractivity contribution is 7.99. The SMILES string of the molecule is CCCSc1ccc([C@H]2N[C@@](CC(C)C)(C(=O)OC)[C@H]3C(=O)N(C)C(=O)[C@@H]23)cc1. The number of likely N-dealkylation sites (tertiary alicyclic amines) is 1. The molecule has 6 nitrogen and oxygen atoms in total. The van der Waals surface area contributed by atoms with E-state index in [0.29, 0.717) is 6.42 Å². The highest BCUT2D eigenvalue weighted by Gasteiger charge is 2.68. The molecule has 2 aliphatic rings. The maximum absolute atomic E-state index is 13.0. The van der Waals surface area contributed by atoms with Crippen LogP contribution in [0, 0.1) is 17.8 Å². The second kappa shape index (κ2) is 8.48. The van der Waals surface area contributed by atoms with Crippen molar-refractivity contribution >= 4 is 29.5 Å². The molecule has 0 aliphatic carbocycles. The minimum atomic E-state index is -1.20. The van der Waals surface area contributed by atoms with E-state index in [9.17, 15) is 14.4 Å². The summed E-state index contributed by atoms with van der Waals surface area (Å²) in [6, 6.07) is 7.65. The van der Waals surface area contributed by atoms with Crippen molar-refractivity contribution in [2.24, 2.45) is 17.8 Å². The lowest BCUT2D eigenvalue weighted by molar-refractivity contribution is -0.154. The van der Waals surface area contributed by atoms with Crippen molar-refractivity contribution in [3.8, 4) is 0 Å². The molecule has 0 spiro atoms. The monoisotopic (exact) mass is 418 g/mol. The van der Waals surface area contributed by atoms with Gasteiger partial charge in [0.15, 0.2) is 0 Å². The molecule has 2 saturated heterocycles. The van der Waals surface area contributed by atoms with Crippen molar-refractivity contribution in [3.05, 3.63) is 29.8 Å². The molecule has 1 aromatic rings. The average molecular weight is 419 g/mol. The van der Waals surface area contributed by atoms with Crippen LogP contribution >= 0.6 is 11.8 Å². The maximum Gasteiger partial charge on any atom is 0.326 e. The average Bonchev–Trinajstić information content (AvgIpc) is 3.15. The molecule has 158 valence electrons. The number of amides is 2. The first-order valence-corrected chi connectivity index (χ1v) is 11.2. The molecule has 0 radical (unpaired) electrons. The van der Waals surface area contributed by atoms with E-state index in [4.69, 9.17) is 4.74 Å². The van der Waals surface area contributed by atoms with Crippen LogP contribution in [-0.4, -0.2) is 48.1 Å². The number of ether oxygens (including phenoxy) is 1. The Hall–Kier alpha value is -1.86. The number of thioether (sulfide) groups is 1. The lowest BCUT2D eigenvalue weighted by Gasteiger charge is -2.33. The van der Waals surface area contributed by atoms with E-state index >= 15 is 0 Å². The Labute approximate surface area is 176 Å². The van der Waals surface area contributed by atoms with Crippen LogP contribution in [0.2, 0.25) is 0 Å². The third-order valence-corrected chi connectivity index (χ3v) is 7.08. The normalized spacial score (nSPS) is 28.9. The molecular formula is C22H30N2O4S. The van der Waals surface area contributed by atoms with Gasteiger partial charge in [0.05, 0.1) is 18.9 Å². The third kappa shape index (κ3) is 3.70. The smallest absolute Gasteiger partial charge is 0.326 e. The van der Waals surface area contributed by atoms with Crippen molar-refractivity contribution in [1.29, 1.82) is 0 Å². The summed E-state index contributed by atoms with van der Waals surface area (Å²) in [5, 5.41) is 3.40. The van der Waals surface area contributed by atoms with Crippen LogP contribution in [0.1, 0.15) is 45.2 Å². The van der Waals surface area contributed by atoms with Crippen molar-refractivity contribution in [2.75, 3.05) is 19.9 Å². The van der Waals surface area contributed by atoms with E-state index in [1.165, 1.54) is 19.1 Å². The number of carbonyl (C=O) groups excluding carboxylic acids is 3. The summed E-state index contributed by atoms with van der Waals surface area (Å²) in [4.78, 5) is 41.3. The third-order valence-electron chi connectivity index (χ3n) is 5.87. The van der Waals surface area contributed by atoms with Gasteiger partial charge in [0.1, 0.15) is 5.54 Å². The molecule has 0 saturated carbocycles. The molecule has 2 amide bonds. The van der Waals surface area contributed by atoms with E-state index < -0.39 is 29.4 Å². The van der Waals surface area contributed by atoms with Crippen LogP contribution in [0.5, 0.6) is 0 Å². The van der Waals surface area contributed by atoms with Crippen molar-refractivity contribution < 1.29 is 19.1 Å². The van der Waals surface area contributed by atoms with Gasteiger partial charge in [-0.05, 0) is 42.2 Å². The molecule has 29 heavy (non-hydrogen) atoms. The van der Waals surface area contributed by atoms with Gasteiger partial charge < -0.3 is 4.74 Å². The predicted molar refractivity (Wildman–Crippen MR) is 112 cm³/mol. The number of esters is 1. The number of hydrogen-bond donors (Lipinski definition) is 1. The first-order chi connectivity index (χ1) is 13.8. The fourth-order valence-electron chi connectivity index (χ4n) is 4.71. The van der Waals surface area contributed by atoms with Crippen molar-refractivity contribution in [3.63, 3.8) is 0 Å². The summed E-state index contributed by atoms with van der Waals surface area (Å²) in [7, 11) is 2.83. The second-order valence-electron chi connectivity index (χ2n) is 8.34. The summed E-state index contributed by atoms with van der Waals surface area (Å²) in [6.45, 7) is 6.14. The topological polar surface area (TPSA) is 75.7 Å². The summed E-state index contributed by atoms with van der Waals surface area (Å²) >= 11 is 1.79. The number of nitrogens with one attached hydrogen (secondary N) is 1. The van der Waals surface area contributed by atoms with Gasteiger partial charge in [-0.25, -0.2) is 0 Å². The number of hydrogen-bond acceptors (Lipinski definition) is 6. The fourth-order valence-corrected chi connectivity index (χ4v) is 5.48. The largest absolute Gasteiger partial charge is 0.468 e. The molecule has 2 heterocycles. The Morgan fingerprint density at radius 2 is 1.90 bits per heavy atom. The molecule has 2 fully saturated rings. The molecule has 7 heteroatoms. The molecule has 0 bridgehead atoms. The molecule has 1 aromatic carbocycles. The van der Waals surface area contributed by atoms with Crippen LogP contribution in [0.3, 0.4) is 0 Å². The van der Waals surface area contributed by atoms with E-state index in [-0.39, 0.29) is 17.7 Å². The minimum absolute atomic E-state index is 0.141.